The summed E-state index contributed by atoms with van der Waals surface area (Å²) in [6.45, 7) is 6.27. The lowest BCUT2D eigenvalue weighted by Gasteiger charge is -2.29. The third-order valence-corrected chi connectivity index (χ3v) is 4.29. The molecule has 1 saturated carbocycles. The zero-order valence-electron chi connectivity index (χ0n) is 12.7. The summed E-state index contributed by atoms with van der Waals surface area (Å²) in [5.74, 6) is 0.521. The molecule has 0 spiro atoms. The molecular formula is C17H27FN2. The topological polar surface area (TPSA) is 29.3 Å². The number of rotatable bonds is 6. The first-order valence-electron chi connectivity index (χ1n) is 7.84. The normalized spacial score (nSPS) is 16.4. The molecule has 0 aromatic heterocycles. The molecule has 0 atom stereocenters. The first kappa shape index (κ1) is 15.3. The van der Waals surface area contributed by atoms with Gasteiger partial charge in [-0.1, -0.05) is 32.8 Å². The van der Waals surface area contributed by atoms with Crippen LogP contribution in [-0.4, -0.2) is 17.5 Å². The molecule has 2 nitrogen and oxygen atoms in total. The Balaban J connectivity index is 2.05. The van der Waals surface area contributed by atoms with E-state index in [9.17, 15) is 4.39 Å². The predicted molar refractivity (Wildman–Crippen MR) is 82.9 cm³/mol. The Morgan fingerprint density at radius 3 is 2.60 bits per heavy atom. The Labute approximate surface area is 122 Å². The highest BCUT2D eigenvalue weighted by Crippen LogP contribution is 2.26. The van der Waals surface area contributed by atoms with Gasteiger partial charge >= 0.3 is 0 Å². The minimum Gasteiger partial charge on any atom is -0.399 e. The van der Waals surface area contributed by atoms with E-state index in [1.54, 1.807) is 6.07 Å². The Hall–Kier alpha value is -1.09. The van der Waals surface area contributed by atoms with Crippen molar-refractivity contribution in [2.24, 2.45) is 5.92 Å². The standard InChI is InChI=1S/C17H27FN2/c1-13(2)9-10-20(16-5-3-4-6-16)12-14-7-8-15(19)11-17(14)18/h7-8,11,13,16H,3-6,9-10,12,19H2,1-2H3. The summed E-state index contributed by atoms with van der Waals surface area (Å²) in [5, 5.41) is 0. The number of anilines is 1. The minimum absolute atomic E-state index is 0.169. The first-order chi connectivity index (χ1) is 9.56. The molecule has 1 aromatic rings. The molecule has 0 saturated heterocycles. The SMILES string of the molecule is CC(C)CCN(Cc1ccc(N)cc1F)C1CCCC1. The second-order valence-electron chi connectivity index (χ2n) is 6.44. The number of benzene rings is 1. The van der Waals surface area contributed by atoms with Gasteiger partial charge in [-0.15, -0.1) is 0 Å². The van der Waals surface area contributed by atoms with Crippen molar-refractivity contribution in [2.75, 3.05) is 12.3 Å². The van der Waals surface area contributed by atoms with E-state index in [1.165, 1.54) is 38.2 Å². The van der Waals surface area contributed by atoms with Crippen molar-refractivity contribution in [3.63, 3.8) is 0 Å². The van der Waals surface area contributed by atoms with Gasteiger partial charge in [0.15, 0.2) is 0 Å². The van der Waals surface area contributed by atoms with E-state index < -0.39 is 0 Å². The van der Waals surface area contributed by atoms with Crippen LogP contribution in [0.3, 0.4) is 0 Å². The van der Waals surface area contributed by atoms with Gasteiger partial charge in [0.1, 0.15) is 5.82 Å². The second kappa shape index (κ2) is 7.07. The highest BCUT2D eigenvalue weighted by molar-refractivity contribution is 5.40. The van der Waals surface area contributed by atoms with Gasteiger partial charge in [0.25, 0.3) is 0 Å². The van der Waals surface area contributed by atoms with Crippen LogP contribution in [0, 0.1) is 11.7 Å². The Morgan fingerprint density at radius 1 is 1.30 bits per heavy atom. The Morgan fingerprint density at radius 2 is 2.00 bits per heavy atom. The number of hydrogen-bond acceptors (Lipinski definition) is 2. The predicted octanol–water partition coefficient (Wildman–Crippen LogP) is 4.20. The van der Waals surface area contributed by atoms with Crippen molar-refractivity contribution < 1.29 is 4.39 Å². The molecule has 0 bridgehead atoms. The van der Waals surface area contributed by atoms with Crippen molar-refractivity contribution >= 4 is 5.69 Å². The van der Waals surface area contributed by atoms with Crippen LogP contribution in [-0.2, 0) is 6.54 Å². The van der Waals surface area contributed by atoms with Crippen molar-refractivity contribution in [2.45, 2.75) is 58.5 Å². The number of nitrogens with two attached hydrogens (primary N) is 1. The monoisotopic (exact) mass is 278 g/mol. The fourth-order valence-corrected chi connectivity index (χ4v) is 2.99. The molecule has 1 aromatic carbocycles. The molecular weight excluding hydrogens is 251 g/mol. The molecule has 2 rings (SSSR count). The summed E-state index contributed by atoms with van der Waals surface area (Å²) in [6.07, 6.45) is 6.32. The lowest BCUT2D eigenvalue weighted by molar-refractivity contribution is 0.177. The Bertz CT molecular complexity index is 425. The highest BCUT2D eigenvalue weighted by Gasteiger charge is 2.23. The highest BCUT2D eigenvalue weighted by atomic mass is 19.1. The number of hydrogen-bond donors (Lipinski definition) is 1. The molecule has 1 aliphatic rings. The van der Waals surface area contributed by atoms with Gasteiger partial charge in [-0.25, -0.2) is 4.39 Å². The van der Waals surface area contributed by atoms with E-state index in [0.29, 0.717) is 24.2 Å². The van der Waals surface area contributed by atoms with Gasteiger partial charge in [-0.3, -0.25) is 4.90 Å². The maximum absolute atomic E-state index is 14.0. The fraction of sp³-hybridized carbons (Fsp3) is 0.647. The van der Waals surface area contributed by atoms with Crippen molar-refractivity contribution in [1.82, 2.24) is 4.90 Å². The third-order valence-electron chi connectivity index (χ3n) is 4.29. The zero-order valence-corrected chi connectivity index (χ0v) is 12.7. The molecule has 1 aliphatic carbocycles. The van der Waals surface area contributed by atoms with E-state index in [1.807, 2.05) is 6.07 Å². The van der Waals surface area contributed by atoms with Crippen LogP contribution in [0.25, 0.3) is 0 Å². The fourth-order valence-electron chi connectivity index (χ4n) is 2.99. The van der Waals surface area contributed by atoms with Crippen LogP contribution in [0.1, 0.15) is 51.5 Å². The Kier molecular flexibility index (Phi) is 5.41. The van der Waals surface area contributed by atoms with E-state index >= 15 is 0 Å². The van der Waals surface area contributed by atoms with Gasteiger partial charge in [0.2, 0.25) is 0 Å². The van der Waals surface area contributed by atoms with E-state index in [4.69, 9.17) is 5.73 Å². The molecule has 20 heavy (non-hydrogen) atoms. The molecule has 112 valence electrons. The summed E-state index contributed by atoms with van der Waals surface area (Å²) in [5.41, 5.74) is 6.90. The molecule has 0 heterocycles. The van der Waals surface area contributed by atoms with Crippen LogP contribution in [0.15, 0.2) is 18.2 Å². The third kappa shape index (κ3) is 4.20. The number of nitrogens with zero attached hydrogens (tertiary/aromatic N) is 1. The lowest BCUT2D eigenvalue weighted by atomic mass is 10.1. The quantitative estimate of drug-likeness (QED) is 0.790. The smallest absolute Gasteiger partial charge is 0.129 e. The largest absolute Gasteiger partial charge is 0.399 e. The second-order valence-corrected chi connectivity index (χ2v) is 6.44. The molecule has 1 fully saturated rings. The number of halogens is 1. The summed E-state index contributed by atoms with van der Waals surface area (Å²) >= 11 is 0. The van der Waals surface area contributed by atoms with Crippen LogP contribution in [0.2, 0.25) is 0 Å². The summed E-state index contributed by atoms with van der Waals surface area (Å²) in [6, 6.07) is 5.70. The average Bonchev–Trinajstić information content (AvgIpc) is 2.90. The average molecular weight is 278 g/mol. The molecule has 2 N–H and O–H groups in total. The van der Waals surface area contributed by atoms with Crippen LogP contribution >= 0.6 is 0 Å². The molecule has 0 radical (unpaired) electrons. The van der Waals surface area contributed by atoms with Gasteiger partial charge in [-0.05, 0) is 43.9 Å². The van der Waals surface area contributed by atoms with Crippen LogP contribution < -0.4 is 5.73 Å². The van der Waals surface area contributed by atoms with Crippen molar-refractivity contribution in [3.8, 4) is 0 Å². The molecule has 0 aliphatic heterocycles. The van der Waals surface area contributed by atoms with Crippen molar-refractivity contribution in [1.29, 1.82) is 0 Å². The minimum atomic E-state index is -0.169. The van der Waals surface area contributed by atoms with E-state index in [0.717, 1.165) is 12.1 Å². The summed E-state index contributed by atoms with van der Waals surface area (Å²) in [7, 11) is 0. The lowest BCUT2D eigenvalue weighted by Crippen LogP contribution is -2.34. The number of nitrogen functional groups attached to an aromatic ring is 1. The van der Waals surface area contributed by atoms with Crippen LogP contribution in [0.5, 0.6) is 0 Å². The van der Waals surface area contributed by atoms with E-state index in [2.05, 4.69) is 18.7 Å². The maximum atomic E-state index is 14.0. The van der Waals surface area contributed by atoms with Crippen LogP contribution in [0.4, 0.5) is 10.1 Å². The van der Waals surface area contributed by atoms with Gasteiger partial charge in [0, 0.05) is 23.8 Å². The molecule has 0 amide bonds. The zero-order chi connectivity index (χ0) is 14.5. The van der Waals surface area contributed by atoms with Gasteiger partial charge in [-0.2, -0.15) is 0 Å². The summed E-state index contributed by atoms with van der Waals surface area (Å²) < 4.78 is 14.0. The molecule has 0 unspecified atom stereocenters. The summed E-state index contributed by atoms with van der Waals surface area (Å²) in [4.78, 5) is 2.47. The van der Waals surface area contributed by atoms with E-state index in [-0.39, 0.29) is 5.82 Å². The van der Waals surface area contributed by atoms with Gasteiger partial charge in [0.05, 0.1) is 0 Å². The maximum Gasteiger partial charge on any atom is 0.129 e. The van der Waals surface area contributed by atoms with Crippen molar-refractivity contribution in [3.05, 3.63) is 29.6 Å². The first-order valence-corrected chi connectivity index (χ1v) is 7.84. The van der Waals surface area contributed by atoms with Gasteiger partial charge < -0.3 is 5.73 Å². The molecule has 3 heteroatoms.